The van der Waals surface area contributed by atoms with Crippen molar-refractivity contribution in [3.63, 3.8) is 0 Å². The fourth-order valence-electron chi connectivity index (χ4n) is 2.16. The van der Waals surface area contributed by atoms with E-state index < -0.39 is 9.96 Å². The van der Waals surface area contributed by atoms with Crippen LogP contribution in [-0.2, 0) is 0 Å². The second-order valence-electron chi connectivity index (χ2n) is 4.49. The average molecular weight is 326 g/mol. The third-order valence-electron chi connectivity index (χ3n) is 3.08. The van der Waals surface area contributed by atoms with E-state index in [1.165, 1.54) is 6.26 Å². The fourth-order valence-corrected chi connectivity index (χ4v) is 2.74. The monoisotopic (exact) mass is 324 g/mol. The van der Waals surface area contributed by atoms with Gasteiger partial charge in [0.25, 0.3) is 5.91 Å². The lowest BCUT2D eigenvalue weighted by Crippen LogP contribution is -2.56. The second kappa shape index (κ2) is 6.35. The van der Waals surface area contributed by atoms with E-state index in [0.717, 1.165) is 32.4 Å². The maximum Gasteiger partial charge on any atom is 0.288 e. The third-order valence-corrected chi connectivity index (χ3v) is 3.70. The van der Waals surface area contributed by atoms with Crippen molar-refractivity contribution in [3.8, 4) is 0 Å². The Morgan fingerprint density at radius 2 is 2.00 bits per heavy atom. The summed E-state index contributed by atoms with van der Waals surface area (Å²) in [5, 5.41) is 2.73. The Labute approximate surface area is 127 Å². The number of halogens is 3. The highest BCUT2D eigenvalue weighted by molar-refractivity contribution is 6.68. The van der Waals surface area contributed by atoms with Crippen LogP contribution in [0.3, 0.4) is 0 Å². The van der Waals surface area contributed by atoms with Gasteiger partial charge >= 0.3 is 0 Å². The molecular weight excluding hydrogens is 311 g/mol. The van der Waals surface area contributed by atoms with E-state index in [9.17, 15) is 4.79 Å². The third kappa shape index (κ3) is 4.02. The SMILES string of the molecule is O=C(NC(N1CCCCC1)C(Cl)(Cl)Cl)c1ccco1. The van der Waals surface area contributed by atoms with Gasteiger partial charge in [-0.05, 0) is 25.0 Å². The van der Waals surface area contributed by atoms with Crippen molar-refractivity contribution in [2.24, 2.45) is 0 Å². The molecule has 0 radical (unpaired) electrons. The van der Waals surface area contributed by atoms with Gasteiger partial charge in [-0.2, -0.15) is 0 Å². The smallest absolute Gasteiger partial charge is 0.288 e. The molecule has 2 heterocycles. The number of furan rings is 1. The van der Waals surface area contributed by atoms with Gasteiger partial charge in [0.2, 0.25) is 3.79 Å². The first kappa shape index (κ1) is 15.0. The van der Waals surface area contributed by atoms with Gasteiger partial charge in [-0.1, -0.05) is 41.2 Å². The fraction of sp³-hybridized carbons (Fsp3) is 0.583. The first-order chi connectivity index (χ1) is 8.98. The number of amides is 1. The van der Waals surface area contributed by atoms with Crippen LogP contribution in [0.1, 0.15) is 29.8 Å². The van der Waals surface area contributed by atoms with Crippen LogP contribution in [0.25, 0.3) is 0 Å². The van der Waals surface area contributed by atoms with Gasteiger partial charge in [0.15, 0.2) is 5.76 Å². The zero-order valence-corrected chi connectivity index (χ0v) is 12.5. The maximum atomic E-state index is 12.0. The highest BCUT2D eigenvalue weighted by atomic mass is 35.6. The van der Waals surface area contributed by atoms with Crippen molar-refractivity contribution in [1.82, 2.24) is 10.2 Å². The van der Waals surface area contributed by atoms with Gasteiger partial charge in [-0.25, -0.2) is 0 Å². The lowest BCUT2D eigenvalue weighted by Gasteiger charge is -2.38. The summed E-state index contributed by atoms with van der Waals surface area (Å²) in [6.07, 6.45) is 4.01. The molecule has 1 aliphatic heterocycles. The molecule has 1 fully saturated rings. The van der Waals surface area contributed by atoms with Crippen LogP contribution in [0, 0.1) is 0 Å². The van der Waals surface area contributed by atoms with Gasteiger partial charge in [0.05, 0.1) is 6.26 Å². The highest BCUT2D eigenvalue weighted by Gasteiger charge is 2.39. The van der Waals surface area contributed by atoms with E-state index in [1.54, 1.807) is 12.1 Å². The summed E-state index contributed by atoms with van der Waals surface area (Å²) in [6.45, 7) is 1.61. The Kier molecular flexibility index (Phi) is 5.01. The van der Waals surface area contributed by atoms with Crippen molar-refractivity contribution in [1.29, 1.82) is 0 Å². The summed E-state index contributed by atoms with van der Waals surface area (Å²) in [5.41, 5.74) is 0. The standard InChI is InChI=1S/C12H15Cl3N2O2/c13-12(14,15)11(17-6-2-1-3-7-17)16-10(18)9-5-4-8-19-9/h4-5,8,11H,1-3,6-7H2,(H,16,18). The molecule has 1 aromatic heterocycles. The van der Waals surface area contributed by atoms with Crippen molar-refractivity contribution < 1.29 is 9.21 Å². The molecule has 0 aromatic carbocycles. The molecule has 1 atom stereocenters. The van der Waals surface area contributed by atoms with Crippen LogP contribution in [0.4, 0.5) is 0 Å². The van der Waals surface area contributed by atoms with Crippen LogP contribution < -0.4 is 5.32 Å². The quantitative estimate of drug-likeness (QED) is 0.868. The largest absolute Gasteiger partial charge is 0.459 e. The minimum absolute atomic E-state index is 0.205. The number of alkyl halides is 3. The van der Waals surface area contributed by atoms with E-state index in [2.05, 4.69) is 5.32 Å². The Bertz CT molecular complexity index is 411. The normalized spacial score (nSPS) is 19.1. The van der Waals surface area contributed by atoms with Gasteiger partial charge < -0.3 is 9.73 Å². The van der Waals surface area contributed by atoms with Crippen molar-refractivity contribution in [2.75, 3.05) is 13.1 Å². The average Bonchev–Trinajstić information content (AvgIpc) is 2.89. The Morgan fingerprint density at radius 3 is 2.53 bits per heavy atom. The lowest BCUT2D eigenvalue weighted by molar-refractivity contribution is 0.0792. The van der Waals surface area contributed by atoms with Gasteiger partial charge in [-0.3, -0.25) is 9.69 Å². The van der Waals surface area contributed by atoms with Crippen LogP contribution in [0.15, 0.2) is 22.8 Å². The predicted octanol–water partition coefficient (Wildman–Crippen LogP) is 3.19. The molecule has 19 heavy (non-hydrogen) atoms. The maximum absolute atomic E-state index is 12.0. The number of hydrogen-bond donors (Lipinski definition) is 1. The Balaban J connectivity index is 2.07. The number of carbonyl (C=O) groups excluding carboxylic acids is 1. The molecule has 1 aromatic rings. The molecule has 1 aliphatic rings. The number of likely N-dealkylation sites (tertiary alicyclic amines) is 1. The number of rotatable bonds is 3. The number of nitrogens with zero attached hydrogens (tertiary/aromatic N) is 1. The molecule has 0 aliphatic carbocycles. The predicted molar refractivity (Wildman–Crippen MR) is 75.7 cm³/mol. The van der Waals surface area contributed by atoms with E-state index in [0.29, 0.717) is 0 Å². The summed E-state index contributed by atoms with van der Waals surface area (Å²) in [5.74, 6) is -0.178. The van der Waals surface area contributed by atoms with Gasteiger partial charge in [-0.15, -0.1) is 0 Å². The second-order valence-corrected chi connectivity index (χ2v) is 6.86. The lowest BCUT2D eigenvalue weighted by atomic mass is 10.1. The first-order valence-corrected chi connectivity index (χ1v) is 7.27. The number of piperidine rings is 1. The topological polar surface area (TPSA) is 45.5 Å². The van der Waals surface area contributed by atoms with Gasteiger partial charge in [0.1, 0.15) is 6.17 Å². The highest BCUT2D eigenvalue weighted by Crippen LogP contribution is 2.33. The summed E-state index contributed by atoms with van der Waals surface area (Å²) < 4.78 is 3.45. The molecular formula is C12H15Cl3N2O2. The Hall–Kier alpha value is -0.420. The number of carbonyl (C=O) groups is 1. The first-order valence-electron chi connectivity index (χ1n) is 6.13. The van der Waals surface area contributed by atoms with Crippen LogP contribution in [-0.4, -0.2) is 33.9 Å². The molecule has 0 bridgehead atoms. The number of nitrogens with one attached hydrogen (secondary N) is 1. The van der Waals surface area contributed by atoms with Crippen LogP contribution in [0.2, 0.25) is 0 Å². The molecule has 0 saturated carbocycles. The zero-order chi connectivity index (χ0) is 13.9. The van der Waals surface area contributed by atoms with E-state index in [1.807, 2.05) is 4.90 Å². The molecule has 106 valence electrons. The van der Waals surface area contributed by atoms with Crippen molar-refractivity contribution in [2.45, 2.75) is 29.2 Å². The summed E-state index contributed by atoms with van der Waals surface area (Å²) >= 11 is 17.9. The minimum Gasteiger partial charge on any atom is -0.459 e. The molecule has 4 nitrogen and oxygen atoms in total. The minimum atomic E-state index is -1.58. The van der Waals surface area contributed by atoms with Crippen molar-refractivity contribution >= 4 is 40.7 Å². The van der Waals surface area contributed by atoms with E-state index in [-0.39, 0.29) is 11.7 Å². The molecule has 2 rings (SSSR count). The Morgan fingerprint density at radius 1 is 1.32 bits per heavy atom. The summed E-state index contributed by atoms with van der Waals surface area (Å²) in [7, 11) is 0. The van der Waals surface area contributed by atoms with E-state index in [4.69, 9.17) is 39.2 Å². The zero-order valence-electron chi connectivity index (χ0n) is 10.2. The molecule has 0 spiro atoms. The molecule has 1 amide bonds. The van der Waals surface area contributed by atoms with Gasteiger partial charge in [0, 0.05) is 13.1 Å². The summed E-state index contributed by atoms with van der Waals surface area (Å²) in [6, 6.07) is 3.21. The van der Waals surface area contributed by atoms with Crippen molar-refractivity contribution in [3.05, 3.63) is 24.2 Å². The molecule has 1 N–H and O–H groups in total. The van der Waals surface area contributed by atoms with Crippen LogP contribution in [0.5, 0.6) is 0 Å². The molecule has 1 saturated heterocycles. The van der Waals surface area contributed by atoms with Crippen LogP contribution >= 0.6 is 34.8 Å². The van der Waals surface area contributed by atoms with E-state index >= 15 is 0 Å². The molecule has 7 heteroatoms. The molecule has 1 unspecified atom stereocenters. The number of hydrogen-bond acceptors (Lipinski definition) is 3. The summed E-state index contributed by atoms with van der Waals surface area (Å²) in [4.78, 5) is 14.0.